The number of hydrogen-bond acceptors (Lipinski definition) is 7. The summed E-state index contributed by atoms with van der Waals surface area (Å²) >= 11 is 0. The summed E-state index contributed by atoms with van der Waals surface area (Å²) in [5.74, 6) is 2.19. The van der Waals surface area contributed by atoms with Crippen LogP contribution < -0.4 is 9.80 Å². The van der Waals surface area contributed by atoms with Crippen molar-refractivity contribution in [3.63, 3.8) is 0 Å². The van der Waals surface area contributed by atoms with Gasteiger partial charge in [0.2, 0.25) is 5.95 Å². The predicted molar refractivity (Wildman–Crippen MR) is 107 cm³/mol. The fourth-order valence-corrected chi connectivity index (χ4v) is 4.82. The fourth-order valence-electron chi connectivity index (χ4n) is 4.82. The molecule has 3 aliphatic rings. The molecule has 28 heavy (non-hydrogen) atoms. The maximum Gasteiger partial charge on any atom is 0.309 e. The van der Waals surface area contributed by atoms with E-state index < -0.39 is 0 Å². The zero-order valence-electron chi connectivity index (χ0n) is 16.7. The van der Waals surface area contributed by atoms with E-state index in [-0.39, 0.29) is 29.8 Å². The summed E-state index contributed by atoms with van der Waals surface area (Å²) in [6, 6.07) is 1.94. The first-order chi connectivity index (χ1) is 13.6. The summed E-state index contributed by atoms with van der Waals surface area (Å²) in [5, 5.41) is 9.74. The molecule has 7 heteroatoms. The Bertz CT molecular complexity index is 732. The number of rotatable bonds is 4. The minimum Gasteiger partial charge on any atom is -0.466 e. The number of allylic oxidation sites excluding steroid dienone is 1. The number of fused-ring (bicyclic) bond motifs is 1. The van der Waals surface area contributed by atoms with Crippen LogP contribution in [0.1, 0.15) is 26.7 Å². The number of anilines is 2. The van der Waals surface area contributed by atoms with Crippen LogP contribution in [0, 0.1) is 23.7 Å². The van der Waals surface area contributed by atoms with Gasteiger partial charge in [-0.3, -0.25) is 4.79 Å². The Balaban J connectivity index is 1.50. The van der Waals surface area contributed by atoms with Crippen molar-refractivity contribution in [1.29, 1.82) is 0 Å². The van der Waals surface area contributed by atoms with Crippen molar-refractivity contribution in [2.45, 2.75) is 32.8 Å². The highest BCUT2D eigenvalue weighted by Gasteiger charge is 2.45. The monoisotopic (exact) mass is 386 g/mol. The van der Waals surface area contributed by atoms with Crippen molar-refractivity contribution in [2.75, 3.05) is 42.6 Å². The number of nitrogens with zero attached hydrogens (tertiary/aromatic N) is 4. The molecular weight excluding hydrogens is 356 g/mol. The van der Waals surface area contributed by atoms with Crippen LogP contribution in [0.5, 0.6) is 0 Å². The second kappa shape index (κ2) is 8.07. The molecule has 152 valence electrons. The first-order valence-corrected chi connectivity index (χ1v) is 10.4. The molecule has 0 amide bonds. The van der Waals surface area contributed by atoms with Gasteiger partial charge >= 0.3 is 5.97 Å². The van der Waals surface area contributed by atoms with Crippen molar-refractivity contribution in [1.82, 2.24) is 9.97 Å². The summed E-state index contributed by atoms with van der Waals surface area (Å²) < 4.78 is 5.36. The number of aliphatic hydroxyl groups is 1. The predicted octanol–water partition coefficient (Wildman–Crippen LogP) is 1.88. The molecule has 0 radical (unpaired) electrons. The summed E-state index contributed by atoms with van der Waals surface area (Å²) in [6.07, 6.45) is 7.57. The molecule has 1 aliphatic carbocycles. The van der Waals surface area contributed by atoms with Gasteiger partial charge in [0.15, 0.2) is 0 Å². The Morgan fingerprint density at radius 1 is 1.25 bits per heavy atom. The van der Waals surface area contributed by atoms with Gasteiger partial charge in [-0.25, -0.2) is 4.98 Å². The van der Waals surface area contributed by atoms with Crippen molar-refractivity contribution in [3.05, 3.63) is 24.4 Å². The van der Waals surface area contributed by atoms with Gasteiger partial charge in [-0.2, -0.15) is 4.98 Å². The normalized spacial score (nSPS) is 30.4. The maximum absolute atomic E-state index is 12.5. The smallest absolute Gasteiger partial charge is 0.309 e. The maximum atomic E-state index is 12.5. The number of piperidine rings is 1. The van der Waals surface area contributed by atoms with E-state index in [1.807, 2.05) is 19.2 Å². The van der Waals surface area contributed by atoms with E-state index in [4.69, 9.17) is 9.72 Å². The number of hydrogen-bond donors (Lipinski definition) is 1. The molecule has 4 atom stereocenters. The third-order valence-electron chi connectivity index (χ3n) is 6.36. The van der Waals surface area contributed by atoms with Crippen molar-refractivity contribution < 1.29 is 14.6 Å². The first kappa shape index (κ1) is 19.2. The van der Waals surface area contributed by atoms with E-state index in [1.165, 1.54) is 0 Å². The van der Waals surface area contributed by atoms with Crippen molar-refractivity contribution in [2.24, 2.45) is 23.7 Å². The molecule has 1 N–H and O–H groups in total. The molecule has 2 fully saturated rings. The summed E-state index contributed by atoms with van der Waals surface area (Å²) in [4.78, 5) is 26.3. The molecular formula is C21H30N4O3. The molecule has 0 aromatic carbocycles. The number of esters is 1. The third kappa shape index (κ3) is 3.72. The van der Waals surface area contributed by atoms with Crippen molar-refractivity contribution in [3.8, 4) is 0 Å². The van der Waals surface area contributed by atoms with E-state index in [2.05, 4.69) is 33.9 Å². The lowest BCUT2D eigenvalue weighted by molar-refractivity contribution is -0.151. The summed E-state index contributed by atoms with van der Waals surface area (Å²) in [5.41, 5.74) is 0. The molecule has 1 aromatic rings. The zero-order valence-corrected chi connectivity index (χ0v) is 16.7. The summed E-state index contributed by atoms with van der Waals surface area (Å²) in [7, 11) is 0. The highest BCUT2D eigenvalue weighted by Crippen LogP contribution is 2.41. The Labute approximate surface area is 166 Å². The molecule has 0 unspecified atom stereocenters. The second-order valence-electron chi connectivity index (χ2n) is 8.19. The van der Waals surface area contributed by atoms with E-state index >= 15 is 0 Å². The minimum absolute atomic E-state index is 0.0854. The van der Waals surface area contributed by atoms with Gasteiger partial charge in [0.25, 0.3) is 0 Å². The van der Waals surface area contributed by atoms with E-state index in [9.17, 15) is 9.90 Å². The minimum atomic E-state index is -0.201. The second-order valence-corrected chi connectivity index (χ2v) is 8.19. The van der Waals surface area contributed by atoms with E-state index in [0.717, 1.165) is 50.8 Å². The Hall–Kier alpha value is -2.15. The molecule has 4 rings (SSSR count). The standard InChI is InChI=1S/C21H30N4O3/c1-3-28-20(27)19-14(2)4-5-15-12-25(13-17(15)19)21-22-9-6-18(23-21)24-10-7-16(26)8-11-24/h4-6,9,14-17,19,26H,3,7-8,10-13H2,1-2H3/t14-,15-,17-,19-/m0/s1. The average molecular weight is 386 g/mol. The first-order valence-electron chi connectivity index (χ1n) is 10.4. The molecule has 7 nitrogen and oxygen atoms in total. The fraction of sp³-hybridized carbons (Fsp3) is 0.667. The van der Waals surface area contributed by atoms with Crippen LogP contribution in [0.4, 0.5) is 11.8 Å². The van der Waals surface area contributed by atoms with Gasteiger partial charge in [-0.05, 0) is 43.6 Å². The van der Waals surface area contributed by atoms with E-state index in [0.29, 0.717) is 12.5 Å². The Kier molecular flexibility index (Phi) is 5.53. The highest BCUT2D eigenvalue weighted by atomic mass is 16.5. The van der Waals surface area contributed by atoms with Crippen LogP contribution in [0.25, 0.3) is 0 Å². The topological polar surface area (TPSA) is 78.8 Å². The molecule has 0 bridgehead atoms. The molecule has 3 heterocycles. The largest absolute Gasteiger partial charge is 0.466 e. The molecule has 2 aliphatic heterocycles. The lowest BCUT2D eigenvalue weighted by atomic mass is 9.72. The SMILES string of the molecule is CCOC(=O)[C@@H]1[C@H]2CN(c3nccc(N4CCC(O)CC4)n3)C[C@@H]2C=C[C@@H]1C. The van der Waals surface area contributed by atoms with Gasteiger partial charge in [-0.1, -0.05) is 19.1 Å². The molecule has 2 saturated heterocycles. The highest BCUT2D eigenvalue weighted by molar-refractivity contribution is 5.74. The van der Waals surface area contributed by atoms with Crippen molar-refractivity contribution >= 4 is 17.7 Å². The van der Waals surface area contributed by atoms with Crippen LogP contribution in [-0.2, 0) is 9.53 Å². The Morgan fingerprint density at radius 3 is 2.79 bits per heavy atom. The number of carbonyl (C=O) groups is 1. The number of aromatic nitrogens is 2. The van der Waals surface area contributed by atoms with Gasteiger partial charge in [0.05, 0.1) is 18.6 Å². The van der Waals surface area contributed by atoms with Crippen LogP contribution in [-0.4, -0.2) is 59.9 Å². The van der Waals surface area contributed by atoms with Gasteiger partial charge in [0.1, 0.15) is 5.82 Å². The van der Waals surface area contributed by atoms with Crippen LogP contribution >= 0.6 is 0 Å². The molecule has 1 aromatic heterocycles. The third-order valence-corrected chi connectivity index (χ3v) is 6.36. The van der Waals surface area contributed by atoms with E-state index in [1.54, 1.807) is 0 Å². The molecule has 0 saturated carbocycles. The lowest BCUT2D eigenvalue weighted by Crippen LogP contribution is -2.37. The number of carbonyl (C=O) groups excluding carboxylic acids is 1. The van der Waals surface area contributed by atoms with Crippen LogP contribution in [0.3, 0.4) is 0 Å². The molecule has 0 spiro atoms. The van der Waals surface area contributed by atoms with Crippen LogP contribution in [0.15, 0.2) is 24.4 Å². The quantitative estimate of drug-likeness (QED) is 0.625. The number of ether oxygens (including phenoxy) is 1. The Morgan fingerprint density at radius 2 is 2.04 bits per heavy atom. The number of aliphatic hydroxyl groups excluding tert-OH is 1. The summed E-state index contributed by atoms with van der Waals surface area (Å²) in [6.45, 7) is 7.60. The van der Waals surface area contributed by atoms with Gasteiger partial charge in [0, 0.05) is 32.4 Å². The zero-order chi connectivity index (χ0) is 19.7. The van der Waals surface area contributed by atoms with Gasteiger partial charge < -0.3 is 19.6 Å². The van der Waals surface area contributed by atoms with Crippen LogP contribution in [0.2, 0.25) is 0 Å². The lowest BCUT2D eigenvalue weighted by Gasteiger charge is -2.32. The van der Waals surface area contributed by atoms with Gasteiger partial charge in [-0.15, -0.1) is 0 Å². The average Bonchev–Trinajstić information content (AvgIpc) is 3.13.